The van der Waals surface area contributed by atoms with Crippen molar-refractivity contribution in [3.05, 3.63) is 34.9 Å². The zero-order valence-electron chi connectivity index (χ0n) is 11.4. The molecule has 19 heavy (non-hydrogen) atoms. The minimum atomic E-state index is -0.157. The van der Waals surface area contributed by atoms with Crippen LogP contribution in [0.5, 0.6) is 0 Å². The van der Waals surface area contributed by atoms with Crippen molar-refractivity contribution in [2.24, 2.45) is 11.7 Å². The molecule has 2 N–H and O–H groups in total. The topological polar surface area (TPSA) is 52.3 Å². The lowest BCUT2D eigenvalue weighted by molar-refractivity contribution is -0.145. The first kappa shape index (κ1) is 16.0. The Kier molecular flexibility index (Phi) is 7.53. The summed E-state index contributed by atoms with van der Waals surface area (Å²) in [6, 6.07) is 7.34. The summed E-state index contributed by atoms with van der Waals surface area (Å²) in [6.07, 6.45) is 3.33. The highest BCUT2D eigenvalue weighted by Gasteiger charge is 2.10. The van der Waals surface area contributed by atoms with Crippen molar-refractivity contribution >= 4 is 17.6 Å². The van der Waals surface area contributed by atoms with Gasteiger partial charge in [0.2, 0.25) is 0 Å². The first-order valence-corrected chi connectivity index (χ1v) is 7.13. The number of ether oxygens (including phenoxy) is 1. The molecule has 0 aromatic heterocycles. The quantitative estimate of drug-likeness (QED) is 0.743. The van der Waals surface area contributed by atoms with E-state index in [0.29, 0.717) is 23.9 Å². The number of hydrogen-bond acceptors (Lipinski definition) is 3. The first-order valence-electron chi connectivity index (χ1n) is 6.75. The number of halogens is 1. The van der Waals surface area contributed by atoms with Crippen molar-refractivity contribution in [2.45, 2.75) is 39.2 Å². The maximum Gasteiger partial charge on any atom is 0.306 e. The van der Waals surface area contributed by atoms with Crippen LogP contribution < -0.4 is 5.73 Å². The average Bonchev–Trinajstić information content (AvgIpc) is 2.41. The largest absolute Gasteiger partial charge is 0.461 e. The van der Waals surface area contributed by atoms with Gasteiger partial charge in [0.25, 0.3) is 0 Å². The second-order valence-corrected chi connectivity index (χ2v) is 5.12. The number of esters is 1. The molecule has 0 aliphatic heterocycles. The Bertz CT molecular complexity index is 395. The van der Waals surface area contributed by atoms with E-state index in [9.17, 15) is 4.79 Å². The van der Waals surface area contributed by atoms with E-state index in [-0.39, 0.29) is 12.6 Å². The van der Waals surface area contributed by atoms with Gasteiger partial charge in [-0.3, -0.25) is 4.79 Å². The fourth-order valence-corrected chi connectivity index (χ4v) is 2.19. The monoisotopic (exact) mass is 283 g/mol. The molecule has 3 nitrogen and oxygen atoms in total. The van der Waals surface area contributed by atoms with E-state index in [2.05, 4.69) is 6.92 Å². The van der Waals surface area contributed by atoms with E-state index >= 15 is 0 Å². The van der Waals surface area contributed by atoms with Gasteiger partial charge >= 0.3 is 5.97 Å². The SMILES string of the molecule is CCC(CCN)CCC(=O)OCc1cccc(Cl)c1. The highest BCUT2D eigenvalue weighted by atomic mass is 35.5. The summed E-state index contributed by atoms with van der Waals surface area (Å²) in [5.41, 5.74) is 6.44. The van der Waals surface area contributed by atoms with E-state index in [1.54, 1.807) is 12.1 Å². The molecule has 0 heterocycles. The molecule has 1 atom stereocenters. The Balaban J connectivity index is 2.28. The molecule has 0 amide bonds. The van der Waals surface area contributed by atoms with Gasteiger partial charge in [0, 0.05) is 11.4 Å². The second kappa shape index (κ2) is 8.94. The predicted octanol–water partition coefficient (Wildman–Crippen LogP) is 3.54. The summed E-state index contributed by atoms with van der Waals surface area (Å²) in [5, 5.41) is 0.655. The minimum Gasteiger partial charge on any atom is -0.461 e. The summed E-state index contributed by atoms with van der Waals surface area (Å²) in [4.78, 5) is 11.6. The fourth-order valence-electron chi connectivity index (χ4n) is 1.97. The van der Waals surface area contributed by atoms with E-state index in [4.69, 9.17) is 22.1 Å². The van der Waals surface area contributed by atoms with Crippen molar-refractivity contribution in [3.63, 3.8) is 0 Å². The molecule has 1 unspecified atom stereocenters. The first-order chi connectivity index (χ1) is 9.15. The maximum atomic E-state index is 11.6. The maximum absolute atomic E-state index is 11.6. The minimum absolute atomic E-state index is 0.157. The summed E-state index contributed by atoms with van der Waals surface area (Å²) < 4.78 is 5.23. The molecular weight excluding hydrogens is 262 g/mol. The van der Waals surface area contributed by atoms with E-state index < -0.39 is 0 Å². The molecule has 0 bridgehead atoms. The summed E-state index contributed by atoms with van der Waals surface area (Å²) in [6.45, 7) is 3.08. The standard InChI is InChI=1S/C15H22ClNO2/c1-2-12(8-9-17)6-7-15(18)19-11-13-4-3-5-14(16)10-13/h3-5,10,12H,2,6-9,11,17H2,1H3. The van der Waals surface area contributed by atoms with Gasteiger partial charge in [0.05, 0.1) is 0 Å². The van der Waals surface area contributed by atoms with Crippen molar-refractivity contribution in [1.29, 1.82) is 0 Å². The third-order valence-corrected chi connectivity index (χ3v) is 3.43. The van der Waals surface area contributed by atoms with Gasteiger partial charge in [-0.2, -0.15) is 0 Å². The van der Waals surface area contributed by atoms with Crippen LogP contribution in [0.3, 0.4) is 0 Å². The van der Waals surface area contributed by atoms with Crippen LogP contribution in [-0.4, -0.2) is 12.5 Å². The summed E-state index contributed by atoms with van der Waals surface area (Å²) in [5.74, 6) is 0.360. The number of carbonyl (C=O) groups is 1. The van der Waals surface area contributed by atoms with Crippen LogP contribution in [0.1, 0.15) is 38.2 Å². The number of rotatable bonds is 8. The van der Waals surface area contributed by atoms with Crippen LogP contribution in [0.15, 0.2) is 24.3 Å². The second-order valence-electron chi connectivity index (χ2n) is 4.68. The number of carbonyl (C=O) groups excluding carboxylic acids is 1. The van der Waals surface area contributed by atoms with Crippen LogP contribution in [0, 0.1) is 5.92 Å². The lowest BCUT2D eigenvalue weighted by Crippen LogP contribution is -2.11. The van der Waals surface area contributed by atoms with Crippen LogP contribution in [0.4, 0.5) is 0 Å². The zero-order chi connectivity index (χ0) is 14.1. The van der Waals surface area contributed by atoms with Crippen LogP contribution in [0.25, 0.3) is 0 Å². The molecule has 1 aromatic carbocycles. The molecule has 0 fully saturated rings. The van der Waals surface area contributed by atoms with Gasteiger partial charge in [-0.1, -0.05) is 37.1 Å². The molecule has 0 aliphatic rings. The van der Waals surface area contributed by atoms with Gasteiger partial charge in [0.15, 0.2) is 0 Å². The highest BCUT2D eigenvalue weighted by Crippen LogP contribution is 2.16. The van der Waals surface area contributed by atoms with Crippen LogP contribution in [-0.2, 0) is 16.1 Å². The highest BCUT2D eigenvalue weighted by molar-refractivity contribution is 6.30. The smallest absolute Gasteiger partial charge is 0.306 e. The molecule has 1 rings (SSSR count). The molecule has 4 heteroatoms. The third kappa shape index (κ3) is 6.60. The fraction of sp³-hybridized carbons (Fsp3) is 0.533. The number of nitrogens with two attached hydrogens (primary N) is 1. The molecule has 0 saturated carbocycles. The molecule has 106 valence electrons. The zero-order valence-corrected chi connectivity index (χ0v) is 12.2. The lowest BCUT2D eigenvalue weighted by atomic mass is 9.97. The number of benzene rings is 1. The van der Waals surface area contributed by atoms with Gasteiger partial charge in [-0.25, -0.2) is 0 Å². The van der Waals surface area contributed by atoms with Crippen molar-refractivity contribution < 1.29 is 9.53 Å². The van der Waals surface area contributed by atoms with Crippen LogP contribution >= 0.6 is 11.6 Å². The number of hydrogen-bond donors (Lipinski definition) is 1. The lowest BCUT2D eigenvalue weighted by Gasteiger charge is -2.12. The Hall–Kier alpha value is -1.06. The Labute approximate surface area is 120 Å². The predicted molar refractivity (Wildman–Crippen MR) is 77.9 cm³/mol. The van der Waals surface area contributed by atoms with Gasteiger partial charge in [-0.15, -0.1) is 0 Å². The molecular formula is C15H22ClNO2. The molecule has 0 radical (unpaired) electrons. The molecule has 0 saturated heterocycles. The third-order valence-electron chi connectivity index (χ3n) is 3.20. The molecule has 0 aliphatic carbocycles. The summed E-state index contributed by atoms with van der Waals surface area (Å²) in [7, 11) is 0. The van der Waals surface area contributed by atoms with Crippen molar-refractivity contribution in [2.75, 3.05) is 6.54 Å². The molecule has 0 spiro atoms. The Morgan fingerprint density at radius 3 is 2.84 bits per heavy atom. The summed E-state index contributed by atoms with van der Waals surface area (Å²) >= 11 is 5.86. The van der Waals surface area contributed by atoms with Crippen molar-refractivity contribution in [3.8, 4) is 0 Å². The van der Waals surface area contributed by atoms with Crippen LogP contribution in [0.2, 0.25) is 5.02 Å². The Morgan fingerprint density at radius 1 is 1.42 bits per heavy atom. The van der Waals surface area contributed by atoms with Gasteiger partial charge in [-0.05, 0) is 43.0 Å². The van der Waals surface area contributed by atoms with E-state index in [1.807, 2.05) is 12.1 Å². The van der Waals surface area contributed by atoms with Gasteiger partial charge < -0.3 is 10.5 Å². The normalized spacial score (nSPS) is 12.2. The van der Waals surface area contributed by atoms with E-state index in [0.717, 1.165) is 24.8 Å². The molecule has 1 aromatic rings. The van der Waals surface area contributed by atoms with Gasteiger partial charge in [0.1, 0.15) is 6.61 Å². The van der Waals surface area contributed by atoms with E-state index in [1.165, 1.54) is 0 Å². The average molecular weight is 284 g/mol. The Morgan fingerprint density at radius 2 is 2.21 bits per heavy atom. The van der Waals surface area contributed by atoms with Crippen molar-refractivity contribution in [1.82, 2.24) is 0 Å².